The highest BCUT2D eigenvalue weighted by molar-refractivity contribution is 7.89. The van der Waals surface area contributed by atoms with Gasteiger partial charge in [-0.05, 0) is 50.6 Å². The van der Waals surface area contributed by atoms with E-state index in [4.69, 9.17) is 9.15 Å². The molecule has 5 rings (SSSR count). The van der Waals surface area contributed by atoms with Crippen LogP contribution in [0.2, 0.25) is 0 Å². The second-order valence-corrected chi connectivity index (χ2v) is 11.7. The topological polar surface area (TPSA) is 92.1 Å². The lowest BCUT2D eigenvalue weighted by Crippen LogP contribution is -2.46. The molecule has 0 spiro atoms. The van der Waals surface area contributed by atoms with E-state index < -0.39 is 10.0 Å². The molecule has 0 unspecified atom stereocenters. The Labute approximate surface area is 235 Å². The van der Waals surface area contributed by atoms with Crippen molar-refractivity contribution in [2.45, 2.75) is 24.7 Å². The summed E-state index contributed by atoms with van der Waals surface area (Å²) in [4.78, 5) is 17.8. The number of nitrogens with zero attached hydrogens (tertiary/aromatic N) is 2. The van der Waals surface area contributed by atoms with Gasteiger partial charge in [-0.2, -0.15) is 0 Å². The molecule has 1 saturated heterocycles. The van der Waals surface area contributed by atoms with Gasteiger partial charge in [-0.25, -0.2) is 13.1 Å². The number of rotatable bonds is 10. The first-order valence-corrected chi connectivity index (χ1v) is 15.1. The summed E-state index contributed by atoms with van der Waals surface area (Å²) in [6.45, 7) is 6.65. The van der Waals surface area contributed by atoms with Gasteiger partial charge in [-0.1, -0.05) is 48.5 Å². The molecular weight excluding hydrogens is 526 g/mol. The minimum absolute atomic E-state index is 0.0215. The van der Waals surface area contributed by atoms with E-state index in [2.05, 4.69) is 20.6 Å². The summed E-state index contributed by atoms with van der Waals surface area (Å²) >= 11 is 0. The van der Waals surface area contributed by atoms with Crippen LogP contribution >= 0.6 is 0 Å². The minimum atomic E-state index is -3.88. The van der Waals surface area contributed by atoms with Crippen molar-refractivity contribution < 1.29 is 17.6 Å². The van der Waals surface area contributed by atoms with E-state index >= 15 is 0 Å². The van der Waals surface area contributed by atoms with Crippen LogP contribution in [-0.4, -0.2) is 59.7 Å². The van der Waals surface area contributed by atoms with Gasteiger partial charge in [0.25, 0.3) is 0 Å². The Morgan fingerprint density at radius 1 is 0.900 bits per heavy atom. The predicted molar refractivity (Wildman–Crippen MR) is 159 cm³/mol. The lowest BCUT2D eigenvalue weighted by molar-refractivity contribution is 0.252. The normalized spacial score (nSPS) is 14.5. The molecule has 210 valence electrons. The number of unbranched alkanes of at least 4 members (excludes halogenated alkanes) is 1. The fourth-order valence-electron chi connectivity index (χ4n) is 5.21. The lowest BCUT2D eigenvalue weighted by Gasteiger charge is -2.36. The first-order chi connectivity index (χ1) is 19.4. The fourth-order valence-corrected chi connectivity index (χ4v) is 6.43. The number of piperazine rings is 1. The van der Waals surface area contributed by atoms with Crippen molar-refractivity contribution >= 4 is 26.7 Å². The van der Waals surface area contributed by atoms with Gasteiger partial charge in [0, 0.05) is 43.9 Å². The number of anilines is 1. The van der Waals surface area contributed by atoms with Crippen LogP contribution in [0.1, 0.15) is 18.4 Å². The van der Waals surface area contributed by atoms with Crippen LogP contribution in [0.5, 0.6) is 5.75 Å². The van der Waals surface area contributed by atoms with Crippen LogP contribution in [0.15, 0.2) is 86.9 Å². The molecule has 3 aromatic carbocycles. The highest BCUT2D eigenvalue weighted by Crippen LogP contribution is 2.30. The van der Waals surface area contributed by atoms with Crippen molar-refractivity contribution in [2.75, 3.05) is 51.3 Å². The summed E-state index contributed by atoms with van der Waals surface area (Å²) < 4.78 is 40.9. The minimum Gasteiger partial charge on any atom is -0.495 e. The Bertz CT molecular complexity index is 1630. The Morgan fingerprint density at radius 3 is 2.38 bits per heavy atom. The number of hydrogen-bond acceptors (Lipinski definition) is 7. The van der Waals surface area contributed by atoms with E-state index in [0.29, 0.717) is 24.3 Å². The number of hydrogen-bond donors (Lipinski definition) is 1. The zero-order valence-electron chi connectivity index (χ0n) is 22.9. The van der Waals surface area contributed by atoms with Gasteiger partial charge in [-0.3, -0.25) is 9.69 Å². The van der Waals surface area contributed by atoms with E-state index in [-0.39, 0.29) is 21.3 Å². The molecule has 1 aliphatic heterocycles. The molecule has 1 aromatic heterocycles. The van der Waals surface area contributed by atoms with Crippen molar-refractivity contribution in [1.82, 2.24) is 9.62 Å². The van der Waals surface area contributed by atoms with Gasteiger partial charge < -0.3 is 14.1 Å². The molecule has 1 aliphatic rings. The quantitative estimate of drug-likeness (QED) is 0.282. The zero-order chi connectivity index (χ0) is 28.1. The number of fused-ring (bicyclic) bond motifs is 1. The maximum Gasteiger partial charge on any atom is 0.244 e. The maximum absolute atomic E-state index is 13.3. The van der Waals surface area contributed by atoms with E-state index in [1.807, 2.05) is 48.5 Å². The second kappa shape index (κ2) is 12.2. The third-order valence-electron chi connectivity index (χ3n) is 7.43. The first kappa shape index (κ1) is 27.9. The molecule has 0 saturated carbocycles. The smallest absolute Gasteiger partial charge is 0.244 e. The number of sulfonamides is 1. The average Bonchev–Trinajstić information content (AvgIpc) is 2.99. The largest absolute Gasteiger partial charge is 0.495 e. The third kappa shape index (κ3) is 5.91. The van der Waals surface area contributed by atoms with Crippen LogP contribution < -0.4 is 19.8 Å². The summed E-state index contributed by atoms with van der Waals surface area (Å²) in [6.07, 6.45) is 1.58. The predicted octanol–water partition coefficient (Wildman–Crippen LogP) is 4.66. The van der Waals surface area contributed by atoms with Gasteiger partial charge in [-0.15, -0.1) is 0 Å². The summed E-state index contributed by atoms with van der Waals surface area (Å²) in [7, 11) is -2.18. The summed E-state index contributed by atoms with van der Waals surface area (Å²) in [5.41, 5.74) is 2.14. The van der Waals surface area contributed by atoms with Gasteiger partial charge >= 0.3 is 0 Å². The molecule has 8 nitrogen and oxygen atoms in total. The molecule has 4 aromatic rings. The summed E-state index contributed by atoms with van der Waals surface area (Å²) in [5.74, 6) is 1.27. The Balaban J connectivity index is 1.19. The Kier molecular flexibility index (Phi) is 8.54. The lowest BCUT2D eigenvalue weighted by atomic mass is 10.1. The van der Waals surface area contributed by atoms with Gasteiger partial charge in [0.2, 0.25) is 10.0 Å². The molecule has 1 N–H and O–H groups in total. The highest BCUT2D eigenvalue weighted by Gasteiger charge is 2.23. The van der Waals surface area contributed by atoms with E-state index in [1.165, 1.54) is 6.07 Å². The molecule has 0 amide bonds. The Hall–Kier alpha value is -3.66. The van der Waals surface area contributed by atoms with Crippen molar-refractivity contribution in [1.29, 1.82) is 0 Å². The number of nitrogens with one attached hydrogen (secondary N) is 1. The molecule has 0 bridgehead atoms. The standard InChI is InChI=1S/C31H35N3O5S/c1-23-29(35)25-13-10-16-28(31(25)39-30(23)24-11-4-3-5-12-24)40(36,37)32-17-8-9-18-33-19-21-34(22-20-33)26-14-6-7-15-27(26)38-2/h3-7,10-16,32H,8-9,17-22H2,1-2H3. The molecule has 40 heavy (non-hydrogen) atoms. The summed E-state index contributed by atoms with van der Waals surface area (Å²) in [5, 5.41) is 0.257. The van der Waals surface area contributed by atoms with Crippen molar-refractivity contribution in [3.63, 3.8) is 0 Å². The average molecular weight is 562 g/mol. The van der Waals surface area contributed by atoms with Crippen molar-refractivity contribution in [3.05, 3.63) is 88.6 Å². The van der Waals surface area contributed by atoms with Gasteiger partial charge in [0.05, 0.1) is 18.2 Å². The first-order valence-electron chi connectivity index (χ1n) is 13.6. The fraction of sp³-hybridized carbons (Fsp3) is 0.323. The van der Waals surface area contributed by atoms with Crippen LogP contribution in [-0.2, 0) is 10.0 Å². The maximum atomic E-state index is 13.3. The molecule has 9 heteroatoms. The van der Waals surface area contributed by atoms with E-state index in [9.17, 15) is 13.2 Å². The third-order valence-corrected chi connectivity index (χ3v) is 8.91. The molecular formula is C31H35N3O5S. The SMILES string of the molecule is COc1ccccc1N1CCN(CCCCNS(=O)(=O)c2cccc3c(=O)c(C)c(-c4ccccc4)oc23)CC1. The number of methoxy groups -OCH3 is 1. The molecule has 1 fully saturated rings. The van der Waals surface area contributed by atoms with Gasteiger partial charge in [0.15, 0.2) is 11.0 Å². The zero-order valence-corrected chi connectivity index (χ0v) is 23.7. The number of benzene rings is 3. The Morgan fingerprint density at radius 2 is 1.62 bits per heavy atom. The van der Waals surface area contributed by atoms with E-state index in [0.717, 1.165) is 56.1 Å². The second-order valence-electron chi connectivity index (χ2n) is 9.99. The highest BCUT2D eigenvalue weighted by atomic mass is 32.2. The van der Waals surface area contributed by atoms with Crippen LogP contribution in [0, 0.1) is 6.92 Å². The molecule has 0 radical (unpaired) electrons. The van der Waals surface area contributed by atoms with Crippen molar-refractivity contribution in [2.24, 2.45) is 0 Å². The van der Waals surface area contributed by atoms with E-state index in [1.54, 1.807) is 26.2 Å². The molecule has 0 atom stereocenters. The number of para-hydroxylation sites is 3. The van der Waals surface area contributed by atoms with Crippen LogP contribution in [0.3, 0.4) is 0 Å². The van der Waals surface area contributed by atoms with Crippen LogP contribution in [0.25, 0.3) is 22.3 Å². The molecule has 0 aliphatic carbocycles. The van der Waals surface area contributed by atoms with Crippen LogP contribution in [0.4, 0.5) is 5.69 Å². The molecule has 2 heterocycles. The van der Waals surface area contributed by atoms with Gasteiger partial charge in [0.1, 0.15) is 16.4 Å². The summed E-state index contributed by atoms with van der Waals surface area (Å²) in [6, 6.07) is 22.0. The monoisotopic (exact) mass is 561 g/mol. The van der Waals surface area contributed by atoms with Crippen molar-refractivity contribution in [3.8, 4) is 17.1 Å². The number of ether oxygens (including phenoxy) is 1.